The minimum Gasteiger partial charge on any atom is -0.481 e. The number of fused-ring (bicyclic) bond motifs is 1. The fourth-order valence-corrected chi connectivity index (χ4v) is 3.77. The summed E-state index contributed by atoms with van der Waals surface area (Å²) >= 11 is 0. The van der Waals surface area contributed by atoms with Crippen molar-refractivity contribution in [3.05, 3.63) is 66.1 Å². The van der Waals surface area contributed by atoms with Gasteiger partial charge < -0.3 is 19.9 Å². The molecule has 158 valence electrons. The standard InChI is InChI=1S/C24H26FNO4.Zn/c1-15(2)26-21-6-4-3-5-20(21)24(16-7-9-17(25)10-8-16)22(26)12-11-18(27)13-19(28)14-23(29)30;/h3-12,15,18-19,27-28H,13-14H2,1-2H3,(H,29,30);/q;+2/b12-11+;/t18-,19-;/m1./s1. The minimum absolute atomic E-state index is 0. The van der Waals surface area contributed by atoms with E-state index in [-0.39, 0.29) is 37.8 Å². The van der Waals surface area contributed by atoms with Crippen molar-refractivity contribution in [1.82, 2.24) is 4.57 Å². The van der Waals surface area contributed by atoms with Gasteiger partial charge in [-0.25, -0.2) is 4.39 Å². The largest absolute Gasteiger partial charge is 2.00 e. The Kier molecular flexibility index (Phi) is 8.69. The van der Waals surface area contributed by atoms with Crippen LogP contribution in [0.5, 0.6) is 0 Å². The SMILES string of the molecule is CC(C)n1c(/C=C/[C@@H](O)C[C@@H](O)CC(=O)O)c(-c2ccc(F)cc2)c2ccccc21.[Zn+2]. The molecular weight excluding hydrogens is 451 g/mol. The van der Waals surface area contributed by atoms with E-state index in [1.54, 1.807) is 24.3 Å². The summed E-state index contributed by atoms with van der Waals surface area (Å²) in [6.45, 7) is 4.12. The van der Waals surface area contributed by atoms with Crippen molar-refractivity contribution in [3.8, 4) is 11.1 Å². The molecule has 2 atom stereocenters. The number of carboxylic acids is 1. The van der Waals surface area contributed by atoms with Crippen LogP contribution in [0.4, 0.5) is 4.39 Å². The van der Waals surface area contributed by atoms with E-state index in [4.69, 9.17) is 5.11 Å². The van der Waals surface area contributed by atoms with Gasteiger partial charge in [0.25, 0.3) is 0 Å². The number of aliphatic carboxylic acids is 1. The van der Waals surface area contributed by atoms with Gasteiger partial charge in [0, 0.05) is 34.6 Å². The second-order valence-corrected chi connectivity index (χ2v) is 7.66. The number of hydrogen-bond donors (Lipinski definition) is 3. The van der Waals surface area contributed by atoms with Crippen LogP contribution < -0.4 is 0 Å². The maximum atomic E-state index is 13.5. The van der Waals surface area contributed by atoms with Crippen molar-refractivity contribution in [2.75, 3.05) is 0 Å². The molecule has 0 aliphatic carbocycles. The average molecular weight is 477 g/mol. The van der Waals surface area contributed by atoms with Crippen molar-refractivity contribution >= 4 is 22.9 Å². The third-order valence-electron chi connectivity index (χ3n) is 5.00. The summed E-state index contributed by atoms with van der Waals surface area (Å²) in [5.74, 6) is -1.43. The molecule has 0 amide bonds. The molecule has 0 radical (unpaired) electrons. The molecule has 0 aliphatic rings. The van der Waals surface area contributed by atoms with Crippen LogP contribution in [0.15, 0.2) is 54.6 Å². The van der Waals surface area contributed by atoms with Crippen LogP contribution >= 0.6 is 0 Å². The summed E-state index contributed by atoms with van der Waals surface area (Å²) in [7, 11) is 0. The van der Waals surface area contributed by atoms with Crippen molar-refractivity contribution < 1.29 is 44.0 Å². The Balaban J connectivity index is 0.00000341. The molecular formula is C24H26FNO4Zn+2. The molecule has 0 spiro atoms. The van der Waals surface area contributed by atoms with Crippen LogP contribution in [-0.2, 0) is 24.3 Å². The van der Waals surface area contributed by atoms with Gasteiger partial charge in [-0.15, -0.1) is 0 Å². The first-order valence-electron chi connectivity index (χ1n) is 9.93. The number of hydrogen-bond acceptors (Lipinski definition) is 3. The Morgan fingerprint density at radius 3 is 2.35 bits per heavy atom. The van der Waals surface area contributed by atoms with Gasteiger partial charge >= 0.3 is 25.4 Å². The number of para-hydroxylation sites is 1. The zero-order chi connectivity index (χ0) is 21.8. The van der Waals surface area contributed by atoms with E-state index in [2.05, 4.69) is 18.4 Å². The average Bonchev–Trinajstić information content (AvgIpc) is 3.00. The predicted molar refractivity (Wildman–Crippen MR) is 116 cm³/mol. The Morgan fingerprint density at radius 2 is 1.74 bits per heavy atom. The molecule has 1 aromatic heterocycles. The summed E-state index contributed by atoms with van der Waals surface area (Å²) in [5.41, 5.74) is 3.65. The van der Waals surface area contributed by atoms with Crippen LogP contribution in [0.1, 0.15) is 38.4 Å². The Hall–Kier alpha value is -2.34. The number of halogens is 1. The van der Waals surface area contributed by atoms with Crippen LogP contribution in [0.3, 0.4) is 0 Å². The van der Waals surface area contributed by atoms with Gasteiger partial charge in [-0.05, 0) is 43.7 Å². The van der Waals surface area contributed by atoms with E-state index >= 15 is 0 Å². The molecule has 2 aromatic carbocycles. The number of aliphatic hydroxyl groups is 2. The Bertz CT molecular complexity index is 1060. The van der Waals surface area contributed by atoms with Gasteiger partial charge in [0.15, 0.2) is 0 Å². The molecule has 3 N–H and O–H groups in total. The normalized spacial score (nSPS) is 13.5. The number of nitrogens with zero attached hydrogens (tertiary/aromatic N) is 1. The molecule has 0 fully saturated rings. The minimum atomic E-state index is -1.13. The maximum absolute atomic E-state index is 13.5. The summed E-state index contributed by atoms with van der Waals surface area (Å²) in [5, 5.41) is 29.9. The Labute approximate surface area is 193 Å². The first-order valence-corrected chi connectivity index (χ1v) is 9.93. The molecule has 3 rings (SSSR count). The number of aromatic nitrogens is 1. The molecule has 7 heteroatoms. The number of rotatable bonds is 8. The zero-order valence-electron chi connectivity index (χ0n) is 17.7. The zero-order valence-corrected chi connectivity index (χ0v) is 20.7. The summed E-state index contributed by atoms with van der Waals surface area (Å²) < 4.78 is 15.6. The summed E-state index contributed by atoms with van der Waals surface area (Å²) in [4.78, 5) is 10.7. The second kappa shape index (κ2) is 10.8. The number of carbonyl (C=O) groups is 1. The molecule has 1 heterocycles. The molecule has 0 aliphatic heterocycles. The van der Waals surface area contributed by atoms with Crippen LogP contribution in [0.2, 0.25) is 0 Å². The van der Waals surface area contributed by atoms with Crippen molar-refractivity contribution in [1.29, 1.82) is 0 Å². The fourth-order valence-electron chi connectivity index (χ4n) is 3.77. The van der Waals surface area contributed by atoms with Crippen molar-refractivity contribution in [3.63, 3.8) is 0 Å². The maximum Gasteiger partial charge on any atom is 2.00 e. The first kappa shape index (κ1) is 24.9. The van der Waals surface area contributed by atoms with E-state index in [9.17, 15) is 19.4 Å². The van der Waals surface area contributed by atoms with Crippen LogP contribution in [0, 0.1) is 5.82 Å². The van der Waals surface area contributed by atoms with Crippen molar-refractivity contribution in [2.24, 2.45) is 0 Å². The van der Waals surface area contributed by atoms with Gasteiger partial charge in [-0.2, -0.15) is 0 Å². The smallest absolute Gasteiger partial charge is 0.481 e. The van der Waals surface area contributed by atoms with Gasteiger partial charge in [0.05, 0.1) is 18.6 Å². The van der Waals surface area contributed by atoms with E-state index in [1.165, 1.54) is 12.1 Å². The van der Waals surface area contributed by atoms with Crippen LogP contribution in [0.25, 0.3) is 28.1 Å². The van der Waals surface area contributed by atoms with E-state index < -0.39 is 24.6 Å². The molecule has 0 bridgehead atoms. The number of aliphatic hydroxyl groups excluding tert-OH is 2. The quantitative estimate of drug-likeness (QED) is 0.414. The number of benzene rings is 2. The molecule has 0 saturated carbocycles. The van der Waals surface area contributed by atoms with Gasteiger partial charge in [0.2, 0.25) is 0 Å². The second-order valence-electron chi connectivity index (χ2n) is 7.66. The molecule has 0 saturated heterocycles. The van der Waals surface area contributed by atoms with Gasteiger partial charge in [-0.3, -0.25) is 4.79 Å². The first-order chi connectivity index (χ1) is 14.3. The predicted octanol–water partition coefficient (Wildman–Crippen LogP) is 4.63. The monoisotopic (exact) mass is 475 g/mol. The van der Waals surface area contributed by atoms with Crippen LogP contribution in [-0.4, -0.2) is 38.1 Å². The van der Waals surface area contributed by atoms with Gasteiger partial charge in [-0.1, -0.05) is 36.4 Å². The fraction of sp³-hybridized carbons (Fsp3) is 0.292. The summed E-state index contributed by atoms with van der Waals surface area (Å²) in [6, 6.07) is 14.4. The summed E-state index contributed by atoms with van der Waals surface area (Å²) in [6.07, 6.45) is 0.727. The molecule has 0 unspecified atom stereocenters. The molecule has 3 aromatic rings. The third-order valence-corrected chi connectivity index (χ3v) is 5.00. The van der Waals surface area contributed by atoms with E-state index in [1.807, 2.05) is 24.3 Å². The van der Waals surface area contributed by atoms with Crippen molar-refractivity contribution in [2.45, 2.75) is 44.9 Å². The topological polar surface area (TPSA) is 82.7 Å². The van der Waals surface area contributed by atoms with E-state index in [0.29, 0.717) is 0 Å². The van der Waals surface area contributed by atoms with Gasteiger partial charge in [0.1, 0.15) is 5.82 Å². The third kappa shape index (κ3) is 5.88. The Morgan fingerprint density at radius 1 is 1.10 bits per heavy atom. The van der Waals surface area contributed by atoms with E-state index in [0.717, 1.165) is 27.7 Å². The molecule has 31 heavy (non-hydrogen) atoms. The number of carboxylic acid groups (broad SMARTS) is 1. The molecule has 5 nitrogen and oxygen atoms in total.